The van der Waals surface area contributed by atoms with Gasteiger partial charge in [-0.25, -0.2) is 8.75 Å². The molecule has 6 nitrogen and oxygen atoms in total. The Labute approximate surface area is 96.5 Å². The van der Waals surface area contributed by atoms with Crippen LogP contribution in [0.5, 0.6) is 0 Å². The Morgan fingerprint density at radius 3 is 1.78 bits per heavy atom. The van der Waals surface area contributed by atoms with Crippen LogP contribution in [-0.4, -0.2) is 38.0 Å². The molecule has 0 aromatic carbocycles. The number of alkyl halides is 4. The zero-order valence-corrected chi connectivity index (χ0v) is 9.74. The first kappa shape index (κ1) is 17.6. The molecule has 0 amide bonds. The van der Waals surface area contributed by atoms with Crippen molar-refractivity contribution in [2.45, 2.75) is 11.8 Å². The summed E-state index contributed by atoms with van der Waals surface area (Å²) in [6.07, 6.45) is 0. The Balaban J connectivity index is 4.70. The molecule has 0 aliphatic carbocycles. The summed E-state index contributed by atoms with van der Waals surface area (Å²) < 4.78 is 117. The quantitative estimate of drug-likeness (QED) is 0.438. The maximum absolute atomic E-state index is 12.6. The minimum absolute atomic E-state index is 2.51. The van der Waals surface area contributed by atoms with Gasteiger partial charge in [-0.1, -0.05) is 0 Å². The lowest BCUT2D eigenvalue weighted by Crippen LogP contribution is -2.47. The van der Waals surface area contributed by atoms with Crippen molar-refractivity contribution in [3.05, 3.63) is 0 Å². The standard InChI is InChI=1S/C4H5F6O6PS/c5-3(6,1-15-17(9,10)11)4(7,8)2-16-18(12,13)14/h1-2H2,(H,12,13,14). The fraction of sp³-hybridized carbons (Fsp3) is 1.00. The highest BCUT2D eigenvalue weighted by Crippen LogP contribution is 2.52. The summed E-state index contributed by atoms with van der Waals surface area (Å²) in [4.78, 5) is 0. The fourth-order valence-electron chi connectivity index (χ4n) is 0.516. The summed E-state index contributed by atoms with van der Waals surface area (Å²) in [5.41, 5.74) is 0. The number of halogens is 6. The Bertz CT molecular complexity index is 429. The highest BCUT2D eigenvalue weighted by molar-refractivity contribution is 7.80. The van der Waals surface area contributed by atoms with Gasteiger partial charge in [0, 0.05) is 0 Å². The topological polar surface area (TPSA) is 89.9 Å². The van der Waals surface area contributed by atoms with Gasteiger partial charge >= 0.3 is 30.2 Å². The van der Waals surface area contributed by atoms with Crippen molar-refractivity contribution in [1.82, 2.24) is 0 Å². The first-order chi connectivity index (χ1) is 7.66. The van der Waals surface area contributed by atoms with E-state index in [0.717, 1.165) is 0 Å². The van der Waals surface area contributed by atoms with E-state index in [9.17, 15) is 38.9 Å². The molecule has 0 atom stereocenters. The lowest BCUT2D eigenvalue weighted by atomic mass is 10.2. The monoisotopic (exact) mass is 326 g/mol. The lowest BCUT2D eigenvalue weighted by molar-refractivity contribution is -0.233. The molecule has 0 saturated carbocycles. The van der Waals surface area contributed by atoms with E-state index in [1.807, 2.05) is 0 Å². The molecule has 0 heterocycles. The molecule has 18 heavy (non-hydrogen) atoms. The van der Waals surface area contributed by atoms with Gasteiger partial charge in [-0.05, 0) is 0 Å². The van der Waals surface area contributed by atoms with E-state index >= 15 is 0 Å². The van der Waals surface area contributed by atoms with Gasteiger partial charge in [0.1, 0.15) is 13.2 Å². The summed E-state index contributed by atoms with van der Waals surface area (Å²) in [6, 6.07) is 0. The van der Waals surface area contributed by atoms with Gasteiger partial charge in [-0.15, -0.1) is 8.39 Å². The molecule has 1 N–H and O–H groups in total. The average molecular weight is 326 g/mol. The third kappa shape index (κ3) is 6.54. The van der Waals surface area contributed by atoms with Crippen molar-refractivity contribution in [1.29, 1.82) is 0 Å². The van der Waals surface area contributed by atoms with E-state index in [0.29, 0.717) is 0 Å². The molecule has 110 valence electrons. The zero-order chi connectivity index (χ0) is 14.8. The molecule has 0 rings (SSSR count). The van der Waals surface area contributed by atoms with Crippen LogP contribution in [-0.2, 0) is 23.7 Å². The first-order valence-electron chi connectivity index (χ1n) is 3.68. The summed E-state index contributed by atoms with van der Waals surface area (Å²) in [5.74, 6) is -10.5. The van der Waals surface area contributed by atoms with Crippen LogP contribution in [0.3, 0.4) is 0 Å². The number of hydrogen-bond acceptors (Lipinski definition) is 5. The minimum Gasteiger partial charge on any atom is -0.274 e. The molecule has 0 aliphatic heterocycles. The fourth-order valence-corrected chi connectivity index (χ4v) is 1.13. The van der Waals surface area contributed by atoms with Crippen LogP contribution >= 0.6 is 7.99 Å². The van der Waals surface area contributed by atoms with Crippen LogP contribution in [0.15, 0.2) is 0 Å². The van der Waals surface area contributed by atoms with E-state index in [-0.39, 0.29) is 0 Å². The molecule has 0 aliphatic rings. The lowest BCUT2D eigenvalue weighted by Gasteiger charge is -2.24. The molecule has 0 fully saturated rings. The number of hydrogen-bond donors (Lipinski definition) is 1. The van der Waals surface area contributed by atoms with Gasteiger partial charge in [0.25, 0.3) is 0 Å². The second-order valence-corrected chi connectivity index (χ2v) is 4.96. The average Bonchev–Trinajstić information content (AvgIpc) is 2.10. The van der Waals surface area contributed by atoms with Gasteiger partial charge in [0.15, 0.2) is 0 Å². The smallest absolute Gasteiger partial charge is 0.274 e. The molecule has 0 radical (unpaired) electrons. The zero-order valence-electron chi connectivity index (χ0n) is 8.03. The second kappa shape index (κ2) is 5.33. The van der Waals surface area contributed by atoms with Gasteiger partial charge in [-0.2, -0.15) is 26.0 Å². The Kier molecular flexibility index (Phi) is 5.22. The SMILES string of the molecule is O=P(F)(F)OCC(F)(F)C(F)(F)COS(=O)(=O)O. The molecule has 0 unspecified atom stereocenters. The van der Waals surface area contributed by atoms with E-state index in [4.69, 9.17) is 4.55 Å². The van der Waals surface area contributed by atoms with Crippen molar-refractivity contribution in [2.75, 3.05) is 13.2 Å². The van der Waals surface area contributed by atoms with Crippen LogP contribution in [0, 0.1) is 0 Å². The third-order valence-corrected chi connectivity index (χ3v) is 2.17. The van der Waals surface area contributed by atoms with Crippen LogP contribution < -0.4 is 0 Å². The van der Waals surface area contributed by atoms with Crippen molar-refractivity contribution in [3.8, 4) is 0 Å². The summed E-state index contributed by atoms with van der Waals surface area (Å²) in [5, 5.41) is 0. The van der Waals surface area contributed by atoms with Crippen molar-refractivity contribution in [2.24, 2.45) is 0 Å². The second-order valence-electron chi connectivity index (χ2n) is 2.79. The van der Waals surface area contributed by atoms with Gasteiger partial charge in [0.2, 0.25) is 0 Å². The highest BCUT2D eigenvalue weighted by atomic mass is 32.3. The summed E-state index contributed by atoms with van der Waals surface area (Å²) in [7, 11) is -11.8. The van der Waals surface area contributed by atoms with Crippen LogP contribution in [0.25, 0.3) is 0 Å². The highest BCUT2D eigenvalue weighted by Gasteiger charge is 2.58. The Morgan fingerprint density at radius 2 is 1.44 bits per heavy atom. The molecule has 0 aromatic rings. The maximum atomic E-state index is 12.6. The van der Waals surface area contributed by atoms with E-state index < -0.39 is 43.4 Å². The molecule has 0 aromatic heterocycles. The van der Waals surface area contributed by atoms with Crippen molar-refractivity contribution in [3.63, 3.8) is 0 Å². The third-order valence-electron chi connectivity index (χ3n) is 1.32. The summed E-state index contributed by atoms with van der Waals surface area (Å²) >= 11 is 0. The van der Waals surface area contributed by atoms with E-state index in [2.05, 4.69) is 8.71 Å². The molecular formula is C4H5F6O6PS. The summed E-state index contributed by atoms with van der Waals surface area (Å²) in [6.45, 7) is -5.13. The molecule has 14 heteroatoms. The van der Waals surface area contributed by atoms with Gasteiger partial charge < -0.3 is 0 Å². The van der Waals surface area contributed by atoms with Gasteiger partial charge in [0.05, 0.1) is 0 Å². The van der Waals surface area contributed by atoms with E-state index in [1.165, 1.54) is 0 Å². The van der Waals surface area contributed by atoms with Gasteiger partial charge in [-0.3, -0.25) is 9.08 Å². The van der Waals surface area contributed by atoms with Crippen LogP contribution in [0.4, 0.5) is 26.0 Å². The number of rotatable bonds is 7. The van der Waals surface area contributed by atoms with Crippen molar-refractivity contribution < 1.29 is 52.2 Å². The molecule has 0 spiro atoms. The largest absolute Gasteiger partial charge is 0.552 e. The predicted octanol–water partition coefficient (Wildman–Crippen LogP) is 2.14. The molecule has 0 bridgehead atoms. The van der Waals surface area contributed by atoms with Crippen molar-refractivity contribution >= 4 is 18.4 Å². The maximum Gasteiger partial charge on any atom is 0.552 e. The normalized spacial score (nSPS) is 14.8. The molecular weight excluding hydrogens is 321 g/mol. The van der Waals surface area contributed by atoms with Crippen LogP contribution in [0.1, 0.15) is 0 Å². The first-order valence-corrected chi connectivity index (χ1v) is 6.45. The van der Waals surface area contributed by atoms with Crippen LogP contribution in [0.2, 0.25) is 0 Å². The predicted molar refractivity (Wildman–Crippen MR) is 43.2 cm³/mol. The Morgan fingerprint density at radius 1 is 1.06 bits per heavy atom. The Hall–Kier alpha value is -0.360. The minimum atomic E-state index is -6.40. The van der Waals surface area contributed by atoms with E-state index in [1.54, 1.807) is 0 Å². The molecule has 0 saturated heterocycles.